The zero-order chi connectivity index (χ0) is 18.5. The molecule has 4 rings (SSSR count). The average Bonchev–Trinajstić information content (AvgIpc) is 3.20. The Labute approximate surface area is 152 Å². The Kier molecular flexibility index (Phi) is 3.93. The molecule has 26 heavy (non-hydrogen) atoms. The topological polar surface area (TPSA) is 84.1 Å². The minimum Gasteiger partial charge on any atom is -0.332 e. The number of H-pyrrole nitrogens is 1. The van der Waals surface area contributed by atoms with Gasteiger partial charge in [0.25, 0.3) is 11.4 Å². The number of pyridine rings is 1. The van der Waals surface area contributed by atoms with E-state index in [9.17, 15) is 4.79 Å². The van der Waals surface area contributed by atoms with E-state index >= 15 is 0 Å². The van der Waals surface area contributed by atoms with Crippen LogP contribution < -0.4 is 5.56 Å². The molecule has 0 fully saturated rings. The summed E-state index contributed by atoms with van der Waals surface area (Å²) in [6.07, 6.45) is 3.89. The SMILES string of the molecule is CCc1cc(-c2noc(C3=NCC4=C3CCC(C)(C)C4)n2)c(C)[nH]c1=O. The summed E-state index contributed by atoms with van der Waals surface area (Å²) in [7, 11) is 0. The quantitative estimate of drug-likeness (QED) is 0.914. The Balaban J connectivity index is 1.68. The lowest BCUT2D eigenvalue weighted by Gasteiger charge is -2.30. The molecule has 6 heteroatoms. The summed E-state index contributed by atoms with van der Waals surface area (Å²) < 4.78 is 5.54. The third-order valence-corrected chi connectivity index (χ3v) is 5.45. The molecular formula is C20H24N4O2. The molecule has 1 aliphatic heterocycles. The van der Waals surface area contributed by atoms with Crippen molar-refractivity contribution in [3.8, 4) is 11.4 Å². The van der Waals surface area contributed by atoms with Gasteiger partial charge in [-0.25, -0.2) is 0 Å². The van der Waals surface area contributed by atoms with Crippen molar-refractivity contribution >= 4 is 5.71 Å². The summed E-state index contributed by atoms with van der Waals surface area (Å²) >= 11 is 0. The standard InChI is InChI=1S/C20H24N4O2/c1-5-12-8-15(11(2)22-18(12)25)17-23-19(26-24-17)16-14-6-7-20(3,4)9-13(14)10-21-16/h8H,5-7,9-10H2,1-4H3,(H,22,25). The van der Waals surface area contributed by atoms with Gasteiger partial charge in [-0.05, 0) is 55.2 Å². The van der Waals surface area contributed by atoms with E-state index in [2.05, 4.69) is 34.0 Å². The summed E-state index contributed by atoms with van der Waals surface area (Å²) in [5.41, 5.74) is 6.09. The molecule has 0 bridgehead atoms. The fourth-order valence-corrected chi connectivity index (χ4v) is 3.91. The lowest BCUT2D eigenvalue weighted by atomic mass is 9.74. The van der Waals surface area contributed by atoms with Gasteiger partial charge in [-0.1, -0.05) is 25.9 Å². The van der Waals surface area contributed by atoms with Crippen molar-refractivity contribution in [2.75, 3.05) is 6.54 Å². The van der Waals surface area contributed by atoms with Crippen LogP contribution in [0.1, 0.15) is 57.2 Å². The molecule has 136 valence electrons. The highest BCUT2D eigenvalue weighted by Gasteiger charge is 2.33. The second-order valence-electron chi connectivity index (χ2n) is 8.03. The molecule has 0 atom stereocenters. The first-order valence-electron chi connectivity index (χ1n) is 9.21. The lowest BCUT2D eigenvalue weighted by Crippen LogP contribution is -2.20. The van der Waals surface area contributed by atoms with Gasteiger partial charge in [-0.3, -0.25) is 9.79 Å². The first kappa shape index (κ1) is 16.9. The van der Waals surface area contributed by atoms with Gasteiger partial charge in [-0.2, -0.15) is 4.98 Å². The van der Waals surface area contributed by atoms with E-state index in [1.165, 1.54) is 11.1 Å². The molecule has 1 N–H and O–H groups in total. The number of hydrogen-bond donors (Lipinski definition) is 1. The number of rotatable bonds is 3. The van der Waals surface area contributed by atoms with Crippen LogP contribution in [-0.4, -0.2) is 27.4 Å². The summed E-state index contributed by atoms with van der Waals surface area (Å²) in [6, 6.07) is 1.85. The van der Waals surface area contributed by atoms with Crippen LogP contribution >= 0.6 is 0 Å². The maximum Gasteiger partial charge on any atom is 0.276 e. The Morgan fingerprint density at radius 3 is 2.92 bits per heavy atom. The number of aryl methyl sites for hydroxylation is 2. The predicted octanol–water partition coefficient (Wildman–Crippen LogP) is 3.61. The molecule has 1 aliphatic carbocycles. The minimum atomic E-state index is -0.0581. The largest absolute Gasteiger partial charge is 0.332 e. The first-order chi connectivity index (χ1) is 12.4. The molecule has 0 unspecified atom stereocenters. The highest BCUT2D eigenvalue weighted by Crippen LogP contribution is 2.42. The monoisotopic (exact) mass is 352 g/mol. The van der Waals surface area contributed by atoms with Gasteiger partial charge < -0.3 is 9.51 Å². The average molecular weight is 352 g/mol. The molecule has 0 saturated heterocycles. The van der Waals surface area contributed by atoms with Crippen molar-refractivity contribution in [2.45, 2.75) is 53.4 Å². The normalized spacial score (nSPS) is 18.8. The zero-order valence-corrected chi connectivity index (χ0v) is 15.8. The second kappa shape index (κ2) is 6.04. The number of hydrogen-bond acceptors (Lipinski definition) is 5. The molecule has 2 aromatic rings. The first-order valence-corrected chi connectivity index (χ1v) is 9.21. The van der Waals surface area contributed by atoms with E-state index in [0.717, 1.165) is 48.3 Å². The van der Waals surface area contributed by atoms with E-state index < -0.39 is 0 Å². The van der Waals surface area contributed by atoms with E-state index in [1.807, 2.05) is 19.9 Å². The molecule has 6 nitrogen and oxygen atoms in total. The van der Waals surface area contributed by atoms with Crippen molar-refractivity contribution in [3.63, 3.8) is 0 Å². The maximum atomic E-state index is 11.9. The number of nitrogens with zero attached hydrogens (tertiary/aromatic N) is 3. The molecule has 0 radical (unpaired) electrons. The molecule has 3 heterocycles. The lowest BCUT2D eigenvalue weighted by molar-refractivity contribution is 0.317. The smallest absolute Gasteiger partial charge is 0.276 e. The van der Waals surface area contributed by atoms with Crippen LogP contribution in [0.2, 0.25) is 0 Å². The molecule has 0 aromatic carbocycles. The van der Waals surface area contributed by atoms with Gasteiger partial charge >= 0.3 is 0 Å². The van der Waals surface area contributed by atoms with E-state index in [4.69, 9.17) is 4.52 Å². The second-order valence-corrected chi connectivity index (χ2v) is 8.03. The van der Waals surface area contributed by atoms with Gasteiger partial charge in [0.1, 0.15) is 5.71 Å². The number of allylic oxidation sites excluding steroid dienone is 1. The van der Waals surface area contributed by atoms with Gasteiger partial charge in [0.05, 0.1) is 6.54 Å². The predicted molar refractivity (Wildman–Crippen MR) is 101 cm³/mol. The summed E-state index contributed by atoms with van der Waals surface area (Å²) in [5.74, 6) is 0.977. The van der Waals surface area contributed by atoms with Crippen molar-refractivity contribution in [1.29, 1.82) is 0 Å². The fraction of sp³-hybridized carbons (Fsp3) is 0.500. The third kappa shape index (κ3) is 2.83. The van der Waals surface area contributed by atoms with Crippen molar-refractivity contribution in [2.24, 2.45) is 10.4 Å². The van der Waals surface area contributed by atoms with Crippen LogP contribution in [0.15, 0.2) is 31.5 Å². The van der Waals surface area contributed by atoms with Crippen molar-refractivity contribution in [3.05, 3.63) is 44.7 Å². The Hall–Kier alpha value is -2.50. The van der Waals surface area contributed by atoms with E-state index in [0.29, 0.717) is 23.6 Å². The Bertz CT molecular complexity index is 991. The van der Waals surface area contributed by atoms with Crippen LogP contribution in [0.4, 0.5) is 0 Å². The van der Waals surface area contributed by atoms with Crippen LogP contribution in [0.25, 0.3) is 11.4 Å². The number of aromatic nitrogens is 3. The summed E-state index contributed by atoms with van der Waals surface area (Å²) in [4.78, 5) is 24.1. The van der Waals surface area contributed by atoms with Gasteiger partial charge in [0, 0.05) is 16.8 Å². The maximum absolute atomic E-state index is 11.9. The van der Waals surface area contributed by atoms with Gasteiger partial charge in [0.2, 0.25) is 5.82 Å². The number of nitrogens with one attached hydrogen (secondary N) is 1. The van der Waals surface area contributed by atoms with Crippen LogP contribution in [0.3, 0.4) is 0 Å². The minimum absolute atomic E-state index is 0.0581. The van der Waals surface area contributed by atoms with Crippen LogP contribution in [0, 0.1) is 12.3 Å². The van der Waals surface area contributed by atoms with E-state index in [1.54, 1.807) is 0 Å². The highest BCUT2D eigenvalue weighted by molar-refractivity contribution is 6.12. The molecule has 0 amide bonds. The molecule has 0 spiro atoms. The van der Waals surface area contributed by atoms with Crippen LogP contribution in [-0.2, 0) is 6.42 Å². The molecular weight excluding hydrogens is 328 g/mol. The van der Waals surface area contributed by atoms with Gasteiger partial charge in [-0.15, -0.1) is 0 Å². The molecule has 0 saturated carbocycles. The summed E-state index contributed by atoms with van der Waals surface area (Å²) in [5, 5.41) is 4.15. The van der Waals surface area contributed by atoms with Crippen molar-refractivity contribution < 1.29 is 4.52 Å². The highest BCUT2D eigenvalue weighted by atomic mass is 16.5. The van der Waals surface area contributed by atoms with Crippen molar-refractivity contribution in [1.82, 2.24) is 15.1 Å². The number of aromatic amines is 1. The zero-order valence-electron chi connectivity index (χ0n) is 15.8. The fourth-order valence-electron chi connectivity index (χ4n) is 3.91. The Morgan fingerprint density at radius 2 is 2.15 bits per heavy atom. The summed E-state index contributed by atoms with van der Waals surface area (Å²) in [6.45, 7) is 9.16. The van der Waals surface area contributed by atoms with Gasteiger partial charge in [0.15, 0.2) is 0 Å². The molecule has 2 aromatic heterocycles. The third-order valence-electron chi connectivity index (χ3n) is 5.45. The van der Waals surface area contributed by atoms with Crippen LogP contribution in [0.5, 0.6) is 0 Å². The number of aliphatic imine (C=N–C) groups is 1. The van der Waals surface area contributed by atoms with E-state index in [-0.39, 0.29) is 5.56 Å². The molecule has 2 aliphatic rings. The Morgan fingerprint density at radius 1 is 1.35 bits per heavy atom.